The summed E-state index contributed by atoms with van der Waals surface area (Å²) in [5.74, 6) is 0.722. The van der Waals surface area contributed by atoms with Crippen LogP contribution in [0, 0.1) is 0 Å². The van der Waals surface area contributed by atoms with Crippen LogP contribution in [0.4, 0.5) is 5.82 Å². The topological polar surface area (TPSA) is 64.9 Å². The summed E-state index contributed by atoms with van der Waals surface area (Å²) in [4.78, 5) is 12.7. The molecule has 0 amide bonds. The molecule has 2 aromatic heterocycles. The first-order valence-electron chi connectivity index (χ1n) is 6.25. The van der Waals surface area contributed by atoms with Gasteiger partial charge in [-0.05, 0) is 31.9 Å². The Kier molecular flexibility index (Phi) is 4.55. The molecule has 104 valence electrons. The summed E-state index contributed by atoms with van der Waals surface area (Å²) in [7, 11) is 1.70. The molecule has 0 spiro atoms. The molecule has 0 aliphatic heterocycles. The quantitative estimate of drug-likeness (QED) is 0.651. The minimum atomic E-state index is 0.206. The van der Waals surface area contributed by atoms with Gasteiger partial charge in [0.15, 0.2) is 11.5 Å². The fraction of sp³-hybridized carbons (Fsp3) is 0.583. The number of anilines is 1. The van der Waals surface area contributed by atoms with Crippen LogP contribution in [-0.4, -0.2) is 39.3 Å². The molecule has 0 radical (unpaired) electrons. The zero-order valence-corrected chi connectivity index (χ0v) is 12.1. The highest BCUT2D eigenvalue weighted by Crippen LogP contribution is 2.22. The van der Waals surface area contributed by atoms with Crippen molar-refractivity contribution in [1.29, 1.82) is 0 Å². The average molecular weight is 284 g/mol. The van der Waals surface area contributed by atoms with Crippen LogP contribution in [0.2, 0.25) is 5.28 Å². The van der Waals surface area contributed by atoms with Crippen molar-refractivity contribution in [1.82, 2.24) is 19.5 Å². The predicted octanol–water partition coefficient (Wildman–Crippen LogP) is 2.34. The Morgan fingerprint density at radius 3 is 2.89 bits per heavy atom. The summed E-state index contributed by atoms with van der Waals surface area (Å²) >= 11 is 5.91. The van der Waals surface area contributed by atoms with E-state index in [1.807, 2.05) is 18.4 Å². The van der Waals surface area contributed by atoms with E-state index in [9.17, 15) is 0 Å². The molecule has 6 nitrogen and oxygen atoms in total. The number of hydrogen-bond acceptors (Lipinski definition) is 5. The van der Waals surface area contributed by atoms with E-state index in [1.54, 1.807) is 13.4 Å². The Morgan fingerprint density at radius 2 is 2.21 bits per heavy atom. The number of methoxy groups -OCH3 is 1. The summed E-state index contributed by atoms with van der Waals surface area (Å²) in [6.07, 6.45) is 2.67. The second kappa shape index (κ2) is 6.16. The minimum absolute atomic E-state index is 0.206. The lowest BCUT2D eigenvalue weighted by Gasteiger charge is -2.12. The monoisotopic (exact) mass is 283 g/mol. The molecule has 2 aromatic rings. The zero-order chi connectivity index (χ0) is 13.8. The third-order valence-electron chi connectivity index (χ3n) is 2.62. The van der Waals surface area contributed by atoms with Crippen LogP contribution in [0.15, 0.2) is 6.33 Å². The Morgan fingerprint density at radius 1 is 1.42 bits per heavy atom. The number of rotatable bonds is 6. The van der Waals surface area contributed by atoms with Gasteiger partial charge in [-0.3, -0.25) is 0 Å². The lowest BCUT2D eigenvalue weighted by atomic mass is 10.3. The molecule has 0 atom stereocenters. The van der Waals surface area contributed by atoms with E-state index in [1.165, 1.54) is 0 Å². The van der Waals surface area contributed by atoms with E-state index in [0.29, 0.717) is 12.3 Å². The maximum Gasteiger partial charge on any atom is 0.226 e. The van der Waals surface area contributed by atoms with Crippen molar-refractivity contribution < 1.29 is 4.74 Å². The number of ether oxygens (including phenoxy) is 1. The van der Waals surface area contributed by atoms with Crippen LogP contribution < -0.4 is 5.32 Å². The van der Waals surface area contributed by atoms with Gasteiger partial charge in [0.25, 0.3) is 0 Å². The molecule has 7 heteroatoms. The molecule has 0 aliphatic rings. The van der Waals surface area contributed by atoms with Crippen LogP contribution in [0.3, 0.4) is 0 Å². The number of hydrogen-bond donors (Lipinski definition) is 1. The third kappa shape index (κ3) is 3.33. The van der Waals surface area contributed by atoms with Crippen LogP contribution in [-0.2, 0) is 11.3 Å². The van der Waals surface area contributed by atoms with Gasteiger partial charge in [-0.1, -0.05) is 0 Å². The molecule has 1 N–H and O–H groups in total. The summed E-state index contributed by atoms with van der Waals surface area (Å²) in [5, 5.41) is 3.48. The smallest absolute Gasteiger partial charge is 0.226 e. The Bertz CT molecular complexity index is 554. The fourth-order valence-electron chi connectivity index (χ4n) is 1.88. The standard InChI is InChI=1S/C12H18ClN5O/c1-8(2)15-11-9-10(16-12(13)17-11)14-7-18(9)5-4-6-19-3/h7-8H,4-6H2,1-3H3,(H,15,16,17). The van der Waals surface area contributed by atoms with Crippen LogP contribution in [0.1, 0.15) is 20.3 Å². The average Bonchev–Trinajstić information content (AvgIpc) is 2.72. The molecule has 19 heavy (non-hydrogen) atoms. The molecule has 2 heterocycles. The van der Waals surface area contributed by atoms with Crippen LogP contribution in [0.25, 0.3) is 11.2 Å². The van der Waals surface area contributed by atoms with Gasteiger partial charge in [0.05, 0.1) is 6.33 Å². The van der Waals surface area contributed by atoms with Crippen molar-refractivity contribution >= 4 is 28.6 Å². The van der Waals surface area contributed by atoms with E-state index >= 15 is 0 Å². The normalized spacial score (nSPS) is 11.4. The fourth-order valence-corrected chi connectivity index (χ4v) is 2.04. The van der Waals surface area contributed by atoms with Crippen molar-refractivity contribution in [2.45, 2.75) is 32.9 Å². The maximum absolute atomic E-state index is 5.91. The Hall–Kier alpha value is -1.40. The highest BCUT2D eigenvalue weighted by atomic mass is 35.5. The van der Waals surface area contributed by atoms with Crippen LogP contribution >= 0.6 is 11.6 Å². The molecule has 0 bridgehead atoms. The largest absolute Gasteiger partial charge is 0.385 e. The number of fused-ring (bicyclic) bond motifs is 1. The number of nitrogens with one attached hydrogen (secondary N) is 1. The van der Waals surface area contributed by atoms with Gasteiger partial charge in [-0.2, -0.15) is 9.97 Å². The maximum atomic E-state index is 5.91. The van der Waals surface area contributed by atoms with Crippen molar-refractivity contribution in [3.8, 4) is 0 Å². The van der Waals surface area contributed by atoms with E-state index in [2.05, 4.69) is 20.3 Å². The first kappa shape index (κ1) is 14.0. The lowest BCUT2D eigenvalue weighted by Crippen LogP contribution is -2.13. The summed E-state index contributed by atoms with van der Waals surface area (Å²) in [5.41, 5.74) is 1.50. The second-order valence-corrected chi connectivity index (χ2v) is 4.93. The number of nitrogens with zero attached hydrogens (tertiary/aromatic N) is 4. The molecular weight excluding hydrogens is 266 g/mol. The first-order chi connectivity index (χ1) is 9.11. The van der Waals surface area contributed by atoms with Gasteiger partial charge in [0.1, 0.15) is 5.52 Å². The van der Waals surface area contributed by atoms with Crippen LogP contribution in [0.5, 0.6) is 0 Å². The minimum Gasteiger partial charge on any atom is -0.385 e. The van der Waals surface area contributed by atoms with Gasteiger partial charge in [0.2, 0.25) is 5.28 Å². The molecule has 2 rings (SSSR count). The molecular formula is C12H18ClN5O. The number of aryl methyl sites for hydroxylation is 1. The van der Waals surface area contributed by atoms with Gasteiger partial charge >= 0.3 is 0 Å². The van der Waals surface area contributed by atoms with Gasteiger partial charge in [-0.15, -0.1) is 0 Å². The van der Waals surface area contributed by atoms with Crippen molar-refractivity contribution in [2.75, 3.05) is 19.0 Å². The summed E-state index contributed by atoms with van der Waals surface area (Å²) in [6.45, 7) is 5.62. The van der Waals surface area contributed by atoms with E-state index in [-0.39, 0.29) is 11.3 Å². The van der Waals surface area contributed by atoms with Gasteiger partial charge < -0.3 is 14.6 Å². The highest BCUT2D eigenvalue weighted by Gasteiger charge is 2.13. The number of halogens is 1. The summed E-state index contributed by atoms with van der Waals surface area (Å²) in [6, 6.07) is 0.261. The SMILES string of the molecule is COCCCn1cnc2nc(Cl)nc(NC(C)C)c21. The van der Waals surface area contributed by atoms with E-state index < -0.39 is 0 Å². The van der Waals surface area contributed by atoms with Crippen molar-refractivity contribution in [2.24, 2.45) is 0 Å². The van der Waals surface area contributed by atoms with Gasteiger partial charge in [0, 0.05) is 26.3 Å². The second-order valence-electron chi connectivity index (χ2n) is 4.60. The van der Waals surface area contributed by atoms with Crippen molar-refractivity contribution in [3.05, 3.63) is 11.6 Å². The van der Waals surface area contributed by atoms with E-state index in [0.717, 1.165) is 24.3 Å². The molecule has 0 unspecified atom stereocenters. The molecule has 0 fully saturated rings. The predicted molar refractivity (Wildman–Crippen MR) is 75.6 cm³/mol. The van der Waals surface area contributed by atoms with Gasteiger partial charge in [-0.25, -0.2) is 4.98 Å². The zero-order valence-electron chi connectivity index (χ0n) is 11.4. The molecule has 0 saturated carbocycles. The summed E-state index contributed by atoms with van der Waals surface area (Å²) < 4.78 is 7.09. The molecule has 0 aromatic carbocycles. The first-order valence-corrected chi connectivity index (χ1v) is 6.63. The number of imidazole rings is 1. The molecule has 0 aliphatic carbocycles. The highest BCUT2D eigenvalue weighted by molar-refractivity contribution is 6.28. The van der Waals surface area contributed by atoms with E-state index in [4.69, 9.17) is 16.3 Å². The van der Waals surface area contributed by atoms with Crippen molar-refractivity contribution in [3.63, 3.8) is 0 Å². The third-order valence-corrected chi connectivity index (χ3v) is 2.79. The lowest BCUT2D eigenvalue weighted by molar-refractivity contribution is 0.190. The number of aromatic nitrogens is 4. The Labute approximate surface area is 117 Å². The Balaban J connectivity index is 2.37. The molecule has 0 saturated heterocycles.